The summed E-state index contributed by atoms with van der Waals surface area (Å²) in [6.07, 6.45) is 1.65. The van der Waals surface area contributed by atoms with Gasteiger partial charge in [-0.2, -0.15) is 4.98 Å². The number of imidazole rings is 1. The minimum absolute atomic E-state index is 0.00981. The minimum Gasteiger partial charge on any atom is -0.476 e. The Morgan fingerprint density at radius 3 is 3.00 bits per heavy atom. The van der Waals surface area contributed by atoms with E-state index < -0.39 is 5.97 Å². The number of aromatic carboxylic acids is 1. The third kappa shape index (κ3) is 2.13. The Kier molecular flexibility index (Phi) is 3.11. The first-order valence-electron chi connectivity index (χ1n) is 5.69. The van der Waals surface area contributed by atoms with Crippen molar-refractivity contribution in [2.45, 2.75) is 6.92 Å². The number of nitrogens with zero attached hydrogens (tertiary/aromatic N) is 2. The second kappa shape index (κ2) is 4.81. The van der Waals surface area contributed by atoms with Gasteiger partial charge in [-0.15, -0.1) is 11.3 Å². The standard InChI is InChI=1S/C13H9ClN2O3S/c1-7-6-8(14)2-3-9(7)19-11-10(12(17)18)16-4-5-20-13(16)15-11/h2-6H,1H3,(H,17,18). The molecule has 0 fully saturated rings. The quantitative estimate of drug-likeness (QED) is 0.798. The summed E-state index contributed by atoms with van der Waals surface area (Å²) in [6, 6.07) is 5.12. The number of rotatable bonds is 3. The van der Waals surface area contributed by atoms with Crippen molar-refractivity contribution >= 4 is 33.9 Å². The number of carbonyl (C=O) groups is 1. The number of thiazole rings is 1. The summed E-state index contributed by atoms with van der Waals surface area (Å²) in [4.78, 5) is 16.1. The number of carboxylic acid groups (broad SMARTS) is 1. The van der Waals surface area contributed by atoms with E-state index in [9.17, 15) is 9.90 Å². The van der Waals surface area contributed by atoms with Crippen LogP contribution in [0, 0.1) is 6.92 Å². The van der Waals surface area contributed by atoms with Gasteiger partial charge in [-0.3, -0.25) is 4.40 Å². The van der Waals surface area contributed by atoms with Crippen molar-refractivity contribution < 1.29 is 14.6 Å². The zero-order chi connectivity index (χ0) is 14.3. The van der Waals surface area contributed by atoms with Gasteiger partial charge < -0.3 is 9.84 Å². The van der Waals surface area contributed by atoms with Gasteiger partial charge in [-0.1, -0.05) is 11.6 Å². The molecule has 3 aromatic rings. The first kappa shape index (κ1) is 13.0. The number of halogens is 1. The number of fused-ring (bicyclic) bond motifs is 1. The van der Waals surface area contributed by atoms with Crippen LogP contribution in [0.2, 0.25) is 5.02 Å². The molecule has 0 aliphatic heterocycles. The first-order valence-corrected chi connectivity index (χ1v) is 6.95. The second-order valence-corrected chi connectivity index (χ2v) is 5.45. The van der Waals surface area contributed by atoms with Gasteiger partial charge in [0.1, 0.15) is 5.75 Å². The third-order valence-corrected chi connectivity index (χ3v) is 3.77. The highest BCUT2D eigenvalue weighted by Gasteiger charge is 2.21. The monoisotopic (exact) mass is 308 g/mol. The van der Waals surface area contributed by atoms with Gasteiger partial charge in [0.05, 0.1) is 0 Å². The van der Waals surface area contributed by atoms with E-state index in [1.165, 1.54) is 15.7 Å². The molecule has 20 heavy (non-hydrogen) atoms. The van der Waals surface area contributed by atoms with Gasteiger partial charge in [-0.25, -0.2) is 4.79 Å². The SMILES string of the molecule is Cc1cc(Cl)ccc1Oc1nc2sccn2c1C(=O)O. The molecule has 2 aromatic heterocycles. The lowest BCUT2D eigenvalue weighted by atomic mass is 10.2. The Morgan fingerprint density at radius 1 is 1.50 bits per heavy atom. The van der Waals surface area contributed by atoms with Crippen molar-refractivity contribution in [1.82, 2.24) is 9.38 Å². The van der Waals surface area contributed by atoms with Crippen LogP contribution >= 0.6 is 22.9 Å². The lowest BCUT2D eigenvalue weighted by Crippen LogP contribution is -2.03. The average molecular weight is 309 g/mol. The maximum atomic E-state index is 11.4. The molecule has 1 aromatic carbocycles. The predicted molar refractivity (Wildman–Crippen MR) is 76.3 cm³/mol. The van der Waals surface area contributed by atoms with Crippen LogP contribution in [0.4, 0.5) is 0 Å². The molecule has 0 atom stereocenters. The maximum Gasteiger partial charge on any atom is 0.358 e. The molecular weight excluding hydrogens is 300 g/mol. The smallest absolute Gasteiger partial charge is 0.358 e. The molecule has 0 aliphatic carbocycles. The van der Waals surface area contributed by atoms with E-state index in [1.807, 2.05) is 6.92 Å². The van der Waals surface area contributed by atoms with Crippen LogP contribution < -0.4 is 4.74 Å². The van der Waals surface area contributed by atoms with E-state index in [4.69, 9.17) is 16.3 Å². The fourth-order valence-corrected chi connectivity index (χ4v) is 2.80. The van der Waals surface area contributed by atoms with Gasteiger partial charge in [-0.05, 0) is 30.7 Å². The Hall–Kier alpha value is -2.05. The minimum atomic E-state index is -1.09. The summed E-state index contributed by atoms with van der Waals surface area (Å²) in [7, 11) is 0. The molecule has 0 spiro atoms. The Bertz CT molecular complexity index is 809. The predicted octanol–water partition coefficient (Wildman–Crippen LogP) is 3.85. The van der Waals surface area contributed by atoms with Crippen molar-refractivity contribution in [2.24, 2.45) is 0 Å². The van der Waals surface area contributed by atoms with Crippen molar-refractivity contribution in [3.63, 3.8) is 0 Å². The lowest BCUT2D eigenvalue weighted by Gasteiger charge is -2.07. The van der Waals surface area contributed by atoms with E-state index in [2.05, 4.69) is 4.98 Å². The van der Waals surface area contributed by atoms with Gasteiger partial charge in [0.15, 0.2) is 10.7 Å². The molecule has 0 radical (unpaired) electrons. The van der Waals surface area contributed by atoms with Crippen LogP contribution in [0.5, 0.6) is 11.6 Å². The zero-order valence-electron chi connectivity index (χ0n) is 10.3. The molecule has 0 saturated carbocycles. The van der Waals surface area contributed by atoms with Crippen LogP contribution in [-0.4, -0.2) is 20.5 Å². The number of carboxylic acids is 1. The summed E-state index contributed by atoms with van der Waals surface area (Å²) in [5.74, 6) is -0.477. The first-order chi connectivity index (χ1) is 9.56. The van der Waals surface area contributed by atoms with Crippen molar-refractivity contribution in [2.75, 3.05) is 0 Å². The van der Waals surface area contributed by atoms with Gasteiger partial charge in [0.2, 0.25) is 0 Å². The number of hydrogen-bond donors (Lipinski definition) is 1. The van der Waals surface area contributed by atoms with Crippen molar-refractivity contribution in [3.05, 3.63) is 46.1 Å². The fourth-order valence-electron chi connectivity index (χ4n) is 1.86. The molecule has 102 valence electrons. The number of aryl methyl sites for hydroxylation is 1. The number of benzene rings is 1. The lowest BCUT2D eigenvalue weighted by molar-refractivity contribution is 0.0686. The molecule has 3 rings (SSSR count). The summed E-state index contributed by atoms with van der Waals surface area (Å²) in [5.41, 5.74) is 0.820. The summed E-state index contributed by atoms with van der Waals surface area (Å²) in [5, 5.41) is 11.7. The largest absolute Gasteiger partial charge is 0.476 e. The Morgan fingerprint density at radius 2 is 2.30 bits per heavy atom. The van der Waals surface area contributed by atoms with Crippen LogP contribution in [0.1, 0.15) is 16.1 Å². The number of aromatic nitrogens is 2. The molecule has 1 N–H and O–H groups in total. The van der Waals surface area contributed by atoms with Crippen molar-refractivity contribution in [3.8, 4) is 11.6 Å². The van der Waals surface area contributed by atoms with E-state index in [-0.39, 0.29) is 11.6 Å². The molecule has 5 nitrogen and oxygen atoms in total. The zero-order valence-corrected chi connectivity index (χ0v) is 11.9. The van der Waals surface area contributed by atoms with E-state index >= 15 is 0 Å². The van der Waals surface area contributed by atoms with E-state index in [0.29, 0.717) is 15.7 Å². The van der Waals surface area contributed by atoms with Crippen LogP contribution in [0.25, 0.3) is 4.96 Å². The highest BCUT2D eigenvalue weighted by atomic mass is 35.5. The number of hydrogen-bond acceptors (Lipinski definition) is 4. The molecule has 0 bridgehead atoms. The molecule has 0 aliphatic rings. The van der Waals surface area contributed by atoms with Crippen molar-refractivity contribution in [1.29, 1.82) is 0 Å². The molecule has 7 heteroatoms. The normalized spacial score (nSPS) is 10.9. The molecular formula is C13H9ClN2O3S. The fraction of sp³-hybridized carbons (Fsp3) is 0.0769. The number of ether oxygens (including phenoxy) is 1. The van der Waals surface area contributed by atoms with Crippen LogP contribution in [0.3, 0.4) is 0 Å². The van der Waals surface area contributed by atoms with E-state index in [1.54, 1.807) is 29.8 Å². The molecule has 0 unspecified atom stereocenters. The molecule has 2 heterocycles. The van der Waals surface area contributed by atoms with E-state index in [0.717, 1.165) is 5.56 Å². The summed E-state index contributed by atoms with van der Waals surface area (Å²) in [6.45, 7) is 1.83. The maximum absolute atomic E-state index is 11.4. The summed E-state index contributed by atoms with van der Waals surface area (Å²) >= 11 is 7.23. The highest BCUT2D eigenvalue weighted by Crippen LogP contribution is 2.30. The molecule has 0 amide bonds. The second-order valence-electron chi connectivity index (χ2n) is 4.14. The highest BCUT2D eigenvalue weighted by molar-refractivity contribution is 7.15. The Balaban J connectivity index is 2.08. The summed E-state index contributed by atoms with van der Waals surface area (Å²) < 4.78 is 7.13. The van der Waals surface area contributed by atoms with Gasteiger partial charge >= 0.3 is 5.97 Å². The van der Waals surface area contributed by atoms with Crippen LogP contribution in [0.15, 0.2) is 29.8 Å². The van der Waals surface area contributed by atoms with Gasteiger partial charge in [0, 0.05) is 16.6 Å². The molecule has 0 saturated heterocycles. The van der Waals surface area contributed by atoms with Gasteiger partial charge in [0.25, 0.3) is 5.88 Å². The van der Waals surface area contributed by atoms with Crippen LogP contribution in [-0.2, 0) is 0 Å². The third-order valence-electron chi connectivity index (χ3n) is 2.78. The Labute approximate surface area is 123 Å². The topological polar surface area (TPSA) is 63.8 Å². The average Bonchev–Trinajstić information content (AvgIpc) is 2.91.